The summed E-state index contributed by atoms with van der Waals surface area (Å²) in [5, 5.41) is 11.5. The molecule has 0 spiro atoms. The van der Waals surface area contributed by atoms with E-state index in [4.69, 9.17) is 5.48 Å². The number of H-pyrrole nitrogens is 1. The lowest BCUT2D eigenvalue weighted by molar-refractivity contribution is 0.532. The largest absolute Gasteiger partial charge is 0.367 e. The van der Waals surface area contributed by atoms with E-state index in [2.05, 4.69) is 37.6 Å². The van der Waals surface area contributed by atoms with Gasteiger partial charge in [0.05, 0.1) is 18.6 Å². The Morgan fingerprint density at radius 2 is 2.19 bits per heavy atom. The zero-order valence-corrected chi connectivity index (χ0v) is 15.2. The van der Waals surface area contributed by atoms with E-state index in [-0.39, 0.29) is 20.9 Å². The Morgan fingerprint density at radius 3 is 2.92 bits per heavy atom. The number of hydrogen-bond donors (Lipinski definition) is 3. The molecule has 1 unspecified atom stereocenters. The summed E-state index contributed by atoms with van der Waals surface area (Å²) in [7, 11) is 0. The molecule has 0 bridgehead atoms. The quantitative estimate of drug-likeness (QED) is 0.590. The third-order valence-corrected chi connectivity index (χ3v) is 4.29. The third-order valence-electron chi connectivity index (χ3n) is 4.29. The first-order chi connectivity index (χ1) is 13.1. The van der Waals surface area contributed by atoms with Gasteiger partial charge in [-0.3, -0.25) is 4.68 Å². The minimum Gasteiger partial charge on any atom is -0.367 e. The number of nitrogens with zero attached hydrogens (tertiary/aromatic N) is 4. The molecule has 0 saturated heterocycles. The van der Waals surface area contributed by atoms with E-state index in [1.54, 1.807) is 0 Å². The first-order valence-electron chi connectivity index (χ1n) is 10.1. The van der Waals surface area contributed by atoms with Crippen molar-refractivity contribution in [1.82, 2.24) is 24.7 Å². The summed E-state index contributed by atoms with van der Waals surface area (Å²) in [5.74, 6) is 1.78. The summed E-state index contributed by atoms with van der Waals surface area (Å²) >= 11 is 0. The molecule has 3 aromatic rings. The zero-order chi connectivity index (χ0) is 20.1. The van der Waals surface area contributed by atoms with Gasteiger partial charge < -0.3 is 15.6 Å². The molecule has 0 radical (unpaired) electrons. The van der Waals surface area contributed by atoms with E-state index in [9.17, 15) is 0 Å². The average molecular weight is 380 g/mol. The Kier molecular flexibility index (Phi) is 4.58. The van der Waals surface area contributed by atoms with E-state index in [0.29, 0.717) is 29.2 Å². The van der Waals surface area contributed by atoms with Crippen molar-refractivity contribution in [3.8, 4) is 0 Å². The molecule has 1 aliphatic rings. The number of anilines is 3. The molecular weight excluding hydrogens is 346 g/mol. The standard InChI is InChI=1S/C17H23N7.CH4.H2S/c1-10(2)24-9-13(8-19-24)21-17-22-15-14(6-7-18-15)16(23-17)20-11(3)12-4-5-12;;/h6-12H,4-5H2,1-3H3,(H3,18,20,21,22,23);1H4;1H2/t11-;;/m0../s1/i1D3,10D;;/t10?,11-;;. The molecule has 8 heteroatoms. The molecule has 1 saturated carbocycles. The summed E-state index contributed by atoms with van der Waals surface area (Å²) < 4.78 is 31.8. The molecule has 1 fully saturated rings. The number of nitrogens with one attached hydrogen (secondary N) is 3. The molecule has 3 heterocycles. The Bertz CT molecular complexity index is 994. The highest BCUT2D eigenvalue weighted by Crippen LogP contribution is 2.34. The molecule has 0 aromatic carbocycles. The summed E-state index contributed by atoms with van der Waals surface area (Å²) in [4.78, 5) is 12.2. The van der Waals surface area contributed by atoms with Gasteiger partial charge in [0.25, 0.3) is 0 Å². The summed E-state index contributed by atoms with van der Waals surface area (Å²) in [6.07, 6.45) is 7.21. The number of fused-ring (bicyclic) bond motifs is 1. The van der Waals surface area contributed by atoms with Crippen LogP contribution in [0.4, 0.5) is 17.5 Å². The van der Waals surface area contributed by atoms with Gasteiger partial charge in [-0.25, -0.2) is 0 Å². The number of rotatable bonds is 6. The van der Waals surface area contributed by atoms with Gasteiger partial charge in [-0.05, 0) is 45.5 Å². The maximum atomic E-state index is 8.12. The minimum absolute atomic E-state index is 0. The number of aromatic nitrogens is 5. The van der Waals surface area contributed by atoms with Crippen LogP contribution in [-0.2, 0) is 0 Å². The highest BCUT2D eigenvalue weighted by atomic mass is 32.1. The van der Waals surface area contributed by atoms with E-state index < -0.39 is 12.9 Å². The van der Waals surface area contributed by atoms with Crippen LogP contribution in [0, 0.1) is 5.92 Å². The molecule has 142 valence electrons. The van der Waals surface area contributed by atoms with Crippen LogP contribution in [0.3, 0.4) is 0 Å². The predicted molar refractivity (Wildman–Crippen MR) is 113 cm³/mol. The van der Waals surface area contributed by atoms with Gasteiger partial charge >= 0.3 is 0 Å². The second-order valence-corrected chi connectivity index (χ2v) is 6.29. The predicted octanol–water partition coefficient (Wildman–Crippen LogP) is 4.44. The van der Waals surface area contributed by atoms with Crippen LogP contribution >= 0.6 is 13.5 Å². The maximum absolute atomic E-state index is 8.12. The van der Waals surface area contributed by atoms with E-state index in [1.165, 1.54) is 32.2 Å². The maximum Gasteiger partial charge on any atom is 0.231 e. The van der Waals surface area contributed by atoms with Crippen molar-refractivity contribution in [1.29, 1.82) is 0 Å². The van der Waals surface area contributed by atoms with Crippen molar-refractivity contribution in [2.24, 2.45) is 5.92 Å². The van der Waals surface area contributed by atoms with Crippen LogP contribution < -0.4 is 10.6 Å². The lowest BCUT2D eigenvalue weighted by atomic mass is 10.2. The van der Waals surface area contributed by atoms with Crippen molar-refractivity contribution in [2.45, 2.75) is 53.0 Å². The molecule has 1 aliphatic carbocycles. The molecular formula is C18H29N7S. The van der Waals surface area contributed by atoms with Gasteiger partial charge in [0.2, 0.25) is 5.95 Å². The fourth-order valence-electron chi connectivity index (χ4n) is 2.74. The fourth-order valence-corrected chi connectivity index (χ4v) is 2.74. The van der Waals surface area contributed by atoms with Gasteiger partial charge in [0, 0.05) is 28.6 Å². The first kappa shape index (κ1) is 14.9. The number of aromatic amines is 1. The van der Waals surface area contributed by atoms with E-state index >= 15 is 0 Å². The van der Waals surface area contributed by atoms with Crippen LogP contribution in [0.2, 0.25) is 0 Å². The molecule has 3 N–H and O–H groups in total. The highest BCUT2D eigenvalue weighted by molar-refractivity contribution is 7.59. The fraction of sp³-hybridized carbons (Fsp3) is 0.500. The topological polar surface area (TPSA) is 83.5 Å². The number of hydrogen-bond acceptors (Lipinski definition) is 5. The Balaban J connectivity index is 0.00000160. The van der Waals surface area contributed by atoms with Crippen LogP contribution in [0.25, 0.3) is 11.0 Å². The molecule has 4 rings (SSSR count). The van der Waals surface area contributed by atoms with Crippen molar-refractivity contribution in [2.75, 3.05) is 10.6 Å². The van der Waals surface area contributed by atoms with Crippen LogP contribution in [0.1, 0.15) is 52.5 Å². The highest BCUT2D eigenvalue weighted by Gasteiger charge is 2.28. The van der Waals surface area contributed by atoms with E-state index in [1.807, 2.05) is 12.3 Å². The smallest absolute Gasteiger partial charge is 0.231 e. The Hall–Kier alpha value is -2.22. The molecule has 3 aromatic heterocycles. The van der Waals surface area contributed by atoms with Crippen molar-refractivity contribution in [3.05, 3.63) is 24.7 Å². The monoisotopic (exact) mass is 379 g/mol. The van der Waals surface area contributed by atoms with Crippen molar-refractivity contribution < 1.29 is 5.48 Å². The van der Waals surface area contributed by atoms with Gasteiger partial charge in [0.15, 0.2) is 0 Å². The second-order valence-electron chi connectivity index (χ2n) is 6.29. The molecule has 0 amide bonds. The van der Waals surface area contributed by atoms with Gasteiger partial charge in [-0.2, -0.15) is 28.6 Å². The van der Waals surface area contributed by atoms with Crippen LogP contribution in [0.5, 0.6) is 0 Å². The molecule has 0 aliphatic heterocycles. The van der Waals surface area contributed by atoms with Crippen LogP contribution in [-0.4, -0.2) is 30.8 Å². The van der Waals surface area contributed by atoms with Crippen molar-refractivity contribution >= 4 is 42.0 Å². The molecule has 7 nitrogen and oxygen atoms in total. The average Bonchev–Trinajstić information content (AvgIpc) is 3.16. The Morgan fingerprint density at radius 1 is 1.38 bits per heavy atom. The third kappa shape index (κ3) is 4.12. The lowest BCUT2D eigenvalue weighted by Gasteiger charge is -2.15. The zero-order valence-electron chi connectivity index (χ0n) is 18.2. The van der Waals surface area contributed by atoms with Crippen LogP contribution in [0.15, 0.2) is 24.7 Å². The minimum atomic E-state index is -2.51. The van der Waals surface area contributed by atoms with Crippen molar-refractivity contribution in [3.63, 3.8) is 0 Å². The van der Waals surface area contributed by atoms with Gasteiger partial charge in [-0.1, -0.05) is 7.43 Å². The summed E-state index contributed by atoms with van der Waals surface area (Å²) in [5.41, 5.74) is 1.21. The first-order valence-corrected chi connectivity index (χ1v) is 8.09. The summed E-state index contributed by atoms with van der Waals surface area (Å²) in [6.45, 7) is 0.949. The Labute approximate surface area is 167 Å². The normalized spacial score (nSPS) is 19.6. The second kappa shape index (κ2) is 7.99. The lowest BCUT2D eigenvalue weighted by Crippen LogP contribution is -2.18. The molecule has 2 atom stereocenters. The summed E-state index contributed by atoms with van der Waals surface area (Å²) in [6, 6.07) is 0.386. The molecule has 26 heavy (non-hydrogen) atoms. The SMILES string of the molecule is C.S.[2H]C([2H])([2H])C([2H])(C)n1cc(Nc2nc(N[C@@H](C)C3CC3)c3cc[nH]c3n2)cn1. The van der Waals surface area contributed by atoms with E-state index in [0.717, 1.165) is 15.9 Å². The van der Waals surface area contributed by atoms with Gasteiger partial charge in [0.1, 0.15) is 11.5 Å². The van der Waals surface area contributed by atoms with Gasteiger partial charge in [-0.15, -0.1) is 0 Å².